The van der Waals surface area contributed by atoms with Gasteiger partial charge >= 0.3 is 5.97 Å². The molecule has 4 rings (SSSR count). The van der Waals surface area contributed by atoms with Crippen molar-refractivity contribution >= 4 is 27.5 Å². The zero-order valence-electron chi connectivity index (χ0n) is 17.5. The molecule has 0 radical (unpaired) electrons. The van der Waals surface area contributed by atoms with Crippen LogP contribution in [0.15, 0.2) is 24.3 Å². The third-order valence-electron chi connectivity index (χ3n) is 5.68. The van der Waals surface area contributed by atoms with Gasteiger partial charge in [0.2, 0.25) is 0 Å². The van der Waals surface area contributed by atoms with Crippen LogP contribution in [0.5, 0.6) is 0 Å². The summed E-state index contributed by atoms with van der Waals surface area (Å²) < 4.78 is 11.0. The van der Waals surface area contributed by atoms with Crippen LogP contribution in [0.4, 0.5) is 0 Å². The highest BCUT2D eigenvalue weighted by Gasteiger charge is 2.31. The minimum absolute atomic E-state index is 0.381. The zero-order valence-corrected chi connectivity index (χ0v) is 18.3. The monoisotopic (exact) mass is 409 g/mol. The van der Waals surface area contributed by atoms with Crippen LogP contribution in [0.25, 0.3) is 21.3 Å². The fourth-order valence-corrected chi connectivity index (χ4v) is 5.62. The maximum absolute atomic E-state index is 12.7. The van der Waals surface area contributed by atoms with Crippen molar-refractivity contribution in [1.82, 2.24) is 4.98 Å². The van der Waals surface area contributed by atoms with Crippen LogP contribution in [0.1, 0.15) is 53.1 Å². The molecule has 29 heavy (non-hydrogen) atoms. The van der Waals surface area contributed by atoms with Gasteiger partial charge in [0.25, 0.3) is 0 Å². The molecule has 0 bridgehead atoms. The molecule has 5 heteroatoms. The number of fused-ring (bicyclic) bond motifs is 3. The van der Waals surface area contributed by atoms with Gasteiger partial charge in [-0.15, -0.1) is 11.3 Å². The third kappa shape index (κ3) is 3.58. The number of aromatic nitrogens is 1. The number of carbonyl (C=O) groups is 1. The van der Waals surface area contributed by atoms with Gasteiger partial charge in [0, 0.05) is 33.7 Å². The van der Waals surface area contributed by atoms with E-state index in [0.29, 0.717) is 6.61 Å². The van der Waals surface area contributed by atoms with Gasteiger partial charge in [0.1, 0.15) is 4.83 Å². The fraction of sp³-hybridized carbons (Fsp3) is 0.417. The number of aryl methyl sites for hydroxylation is 4. The Bertz CT molecular complexity index is 1050. The summed E-state index contributed by atoms with van der Waals surface area (Å²) in [5.74, 6) is -0.381. The second kappa shape index (κ2) is 8.25. The van der Waals surface area contributed by atoms with Crippen LogP contribution in [-0.4, -0.2) is 24.7 Å². The van der Waals surface area contributed by atoms with Gasteiger partial charge in [-0.1, -0.05) is 29.8 Å². The Labute approximate surface area is 175 Å². The second-order valence-corrected chi connectivity index (χ2v) is 8.69. The number of nitrogens with zero attached hydrogens (tertiary/aromatic N) is 1. The standard InChI is InChI=1S/C24H27NO3S/c1-5-28-22(24(26)27-4)19-15(3)25-23-21(17-8-6-7-9-18(17)29-23)20(19)16-12-10-14(2)11-13-16/h10-13,22H,5-9H2,1-4H3. The van der Waals surface area contributed by atoms with Crippen LogP contribution < -0.4 is 0 Å². The minimum atomic E-state index is -0.780. The van der Waals surface area contributed by atoms with E-state index in [4.69, 9.17) is 14.5 Å². The average molecular weight is 410 g/mol. The molecule has 1 unspecified atom stereocenters. The number of hydrogen-bond donors (Lipinski definition) is 0. The van der Waals surface area contributed by atoms with Crippen molar-refractivity contribution in [2.75, 3.05) is 13.7 Å². The Morgan fingerprint density at radius 2 is 1.90 bits per heavy atom. The molecule has 0 saturated carbocycles. The van der Waals surface area contributed by atoms with Crippen molar-refractivity contribution in [2.24, 2.45) is 0 Å². The zero-order chi connectivity index (χ0) is 20.5. The Kier molecular flexibility index (Phi) is 5.70. The van der Waals surface area contributed by atoms with E-state index < -0.39 is 6.10 Å². The summed E-state index contributed by atoms with van der Waals surface area (Å²) in [5.41, 5.74) is 6.45. The quantitative estimate of drug-likeness (QED) is 0.507. The number of thiophene rings is 1. The first-order valence-electron chi connectivity index (χ1n) is 10.3. The smallest absolute Gasteiger partial charge is 0.339 e. The number of methoxy groups -OCH3 is 1. The summed E-state index contributed by atoms with van der Waals surface area (Å²) in [6.45, 7) is 6.38. The maximum Gasteiger partial charge on any atom is 0.339 e. The highest BCUT2D eigenvalue weighted by Crippen LogP contribution is 2.45. The molecular weight excluding hydrogens is 382 g/mol. The van der Waals surface area contributed by atoms with Crippen molar-refractivity contribution < 1.29 is 14.3 Å². The predicted octanol–water partition coefficient (Wildman–Crippen LogP) is 5.71. The highest BCUT2D eigenvalue weighted by molar-refractivity contribution is 7.19. The normalized spacial score (nSPS) is 14.6. The summed E-state index contributed by atoms with van der Waals surface area (Å²) in [4.78, 5) is 20.1. The van der Waals surface area contributed by atoms with Gasteiger partial charge in [-0.05, 0) is 57.6 Å². The Morgan fingerprint density at radius 1 is 1.17 bits per heavy atom. The number of hydrogen-bond acceptors (Lipinski definition) is 5. The van der Waals surface area contributed by atoms with Gasteiger partial charge in [0.15, 0.2) is 6.10 Å². The molecule has 1 aromatic carbocycles. The summed E-state index contributed by atoms with van der Waals surface area (Å²) >= 11 is 1.81. The summed E-state index contributed by atoms with van der Waals surface area (Å²) in [5, 5.41) is 1.20. The molecule has 0 amide bonds. The van der Waals surface area contributed by atoms with Crippen molar-refractivity contribution in [3.8, 4) is 11.1 Å². The summed E-state index contributed by atoms with van der Waals surface area (Å²) in [6, 6.07) is 8.52. The Morgan fingerprint density at radius 3 is 2.59 bits per heavy atom. The lowest BCUT2D eigenvalue weighted by molar-refractivity contribution is -0.154. The van der Waals surface area contributed by atoms with Crippen molar-refractivity contribution in [2.45, 2.75) is 52.6 Å². The highest BCUT2D eigenvalue weighted by atomic mass is 32.1. The van der Waals surface area contributed by atoms with Gasteiger partial charge in [-0.2, -0.15) is 0 Å². The fourth-order valence-electron chi connectivity index (χ4n) is 4.30. The maximum atomic E-state index is 12.7. The van der Waals surface area contributed by atoms with E-state index in [1.54, 1.807) is 11.3 Å². The average Bonchev–Trinajstić information content (AvgIpc) is 3.09. The van der Waals surface area contributed by atoms with Crippen molar-refractivity contribution in [1.29, 1.82) is 0 Å². The largest absolute Gasteiger partial charge is 0.467 e. The molecule has 4 nitrogen and oxygen atoms in total. The molecule has 1 aliphatic carbocycles. The van der Waals surface area contributed by atoms with Crippen molar-refractivity contribution in [3.05, 3.63) is 51.5 Å². The number of rotatable bonds is 5. The van der Waals surface area contributed by atoms with Crippen LogP contribution >= 0.6 is 11.3 Å². The SMILES string of the molecule is CCOC(C(=O)OC)c1c(C)nc2sc3c(c2c1-c1ccc(C)cc1)CCCC3. The predicted molar refractivity (Wildman–Crippen MR) is 118 cm³/mol. The lowest BCUT2D eigenvalue weighted by Crippen LogP contribution is -2.20. The third-order valence-corrected chi connectivity index (χ3v) is 6.87. The molecule has 1 aliphatic rings. The van der Waals surface area contributed by atoms with E-state index in [-0.39, 0.29) is 5.97 Å². The molecule has 152 valence electrons. The first-order valence-corrected chi connectivity index (χ1v) is 11.1. The van der Waals surface area contributed by atoms with Crippen molar-refractivity contribution in [3.63, 3.8) is 0 Å². The van der Waals surface area contributed by atoms with E-state index >= 15 is 0 Å². The van der Waals surface area contributed by atoms with Gasteiger partial charge in [0.05, 0.1) is 7.11 Å². The van der Waals surface area contributed by atoms with Crippen LogP contribution in [0, 0.1) is 13.8 Å². The van der Waals surface area contributed by atoms with Crippen LogP contribution in [0.3, 0.4) is 0 Å². The molecule has 2 aromatic heterocycles. The number of esters is 1. The van der Waals surface area contributed by atoms with E-state index in [0.717, 1.165) is 40.1 Å². The van der Waals surface area contributed by atoms with E-state index in [9.17, 15) is 4.79 Å². The molecule has 0 fully saturated rings. The number of ether oxygens (including phenoxy) is 2. The summed E-state index contributed by atoms with van der Waals surface area (Å²) in [7, 11) is 1.41. The lowest BCUT2D eigenvalue weighted by atomic mass is 9.88. The first kappa shape index (κ1) is 20.0. The summed E-state index contributed by atoms with van der Waals surface area (Å²) in [6.07, 6.45) is 3.83. The molecular formula is C24H27NO3S. The molecule has 0 spiro atoms. The molecule has 0 N–H and O–H groups in total. The van der Waals surface area contributed by atoms with Gasteiger partial charge < -0.3 is 9.47 Å². The molecule has 2 heterocycles. The molecule has 0 saturated heterocycles. The number of pyridine rings is 1. The van der Waals surface area contributed by atoms with Crippen LogP contribution in [0.2, 0.25) is 0 Å². The van der Waals surface area contributed by atoms with Gasteiger partial charge in [-0.3, -0.25) is 0 Å². The minimum Gasteiger partial charge on any atom is -0.467 e. The van der Waals surface area contributed by atoms with E-state index in [2.05, 4.69) is 31.2 Å². The number of carbonyl (C=O) groups excluding carboxylic acids is 1. The lowest BCUT2D eigenvalue weighted by Gasteiger charge is -2.22. The number of benzene rings is 1. The molecule has 3 aromatic rings. The van der Waals surface area contributed by atoms with Crippen LogP contribution in [-0.2, 0) is 27.1 Å². The second-order valence-electron chi connectivity index (χ2n) is 7.60. The van der Waals surface area contributed by atoms with Gasteiger partial charge in [-0.25, -0.2) is 9.78 Å². The Balaban J connectivity index is 2.08. The first-order chi connectivity index (χ1) is 14.0. The van der Waals surface area contributed by atoms with E-state index in [1.807, 2.05) is 13.8 Å². The Hall–Kier alpha value is -2.24. The molecule has 1 atom stereocenters. The topological polar surface area (TPSA) is 48.4 Å². The van der Waals surface area contributed by atoms with E-state index in [1.165, 1.54) is 41.3 Å². The molecule has 0 aliphatic heterocycles.